The van der Waals surface area contributed by atoms with E-state index in [0.717, 1.165) is 22.4 Å². The highest BCUT2D eigenvalue weighted by Gasteiger charge is 2.21. The molecule has 0 saturated carbocycles. The summed E-state index contributed by atoms with van der Waals surface area (Å²) in [5.74, 6) is 0.00711. The molecule has 2 amide bonds. The summed E-state index contributed by atoms with van der Waals surface area (Å²) in [5, 5.41) is 3.01. The number of anilines is 1. The van der Waals surface area contributed by atoms with Gasteiger partial charge in [-0.05, 0) is 62.1 Å². The minimum absolute atomic E-state index is 0.0155. The maximum Gasteiger partial charge on any atom is 0.246 e. The average Bonchev–Trinajstić information content (AvgIpc) is 2.71. The molecule has 0 radical (unpaired) electrons. The van der Waals surface area contributed by atoms with E-state index in [1.807, 2.05) is 49.1 Å². The number of hydrogen-bond acceptors (Lipinski definition) is 3. The molecule has 1 aliphatic heterocycles. The molecule has 0 bridgehead atoms. The summed E-state index contributed by atoms with van der Waals surface area (Å²) < 4.78 is 0. The largest absolute Gasteiger partial charge is 0.337 e. The van der Waals surface area contributed by atoms with Crippen LogP contribution in [-0.4, -0.2) is 54.3 Å². The van der Waals surface area contributed by atoms with Crippen molar-refractivity contribution in [1.82, 2.24) is 9.80 Å². The molecule has 1 aliphatic rings. The lowest BCUT2D eigenvalue weighted by Crippen LogP contribution is -2.50. The van der Waals surface area contributed by atoms with Gasteiger partial charge in [0.15, 0.2) is 0 Å². The first-order chi connectivity index (χ1) is 14.3. The van der Waals surface area contributed by atoms with Crippen molar-refractivity contribution in [2.75, 3.05) is 38.0 Å². The van der Waals surface area contributed by atoms with E-state index in [-0.39, 0.29) is 11.8 Å². The van der Waals surface area contributed by atoms with Crippen LogP contribution in [0.4, 0.5) is 5.69 Å². The first-order valence-electron chi connectivity index (χ1n) is 10.5. The van der Waals surface area contributed by atoms with Gasteiger partial charge in [-0.3, -0.25) is 14.5 Å². The zero-order chi connectivity index (χ0) is 21.7. The van der Waals surface area contributed by atoms with Gasteiger partial charge in [0.25, 0.3) is 0 Å². The Labute approximate surface area is 179 Å². The van der Waals surface area contributed by atoms with Crippen molar-refractivity contribution < 1.29 is 9.59 Å². The SMILES string of the molecule is Cc1ccc(/C=C/C(=O)N2CCN(CC(=O)Nc3cccc(C)c3C)CC2)c(C)c1. The third-order valence-corrected chi connectivity index (χ3v) is 5.76. The monoisotopic (exact) mass is 405 g/mol. The fourth-order valence-electron chi connectivity index (χ4n) is 3.68. The third kappa shape index (κ3) is 5.57. The van der Waals surface area contributed by atoms with Crippen molar-refractivity contribution in [3.8, 4) is 0 Å². The molecule has 30 heavy (non-hydrogen) atoms. The van der Waals surface area contributed by atoms with Crippen LogP contribution in [0.15, 0.2) is 42.5 Å². The summed E-state index contributed by atoms with van der Waals surface area (Å²) in [7, 11) is 0. The van der Waals surface area contributed by atoms with Gasteiger partial charge in [-0.25, -0.2) is 0 Å². The Hall–Kier alpha value is -2.92. The van der Waals surface area contributed by atoms with Crippen LogP contribution in [-0.2, 0) is 9.59 Å². The predicted molar refractivity (Wildman–Crippen MR) is 123 cm³/mol. The summed E-state index contributed by atoms with van der Waals surface area (Å²) in [4.78, 5) is 28.9. The van der Waals surface area contributed by atoms with Crippen molar-refractivity contribution in [1.29, 1.82) is 0 Å². The number of nitrogens with one attached hydrogen (secondary N) is 1. The summed E-state index contributed by atoms with van der Waals surface area (Å²) >= 11 is 0. The van der Waals surface area contributed by atoms with Gasteiger partial charge in [0.05, 0.1) is 6.54 Å². The van der Waals surface area contributed by atoms with Crippen LogP contribution in [0.3, 0.4) is 0 Å². The number of benzene rings is 2. The minimum Gasteiger partial charge on any atom is -0.337 e. The van der Waals surface area contributed by atoms with Crippen LogP contribution in [0.5, 0.6) is 0 Å². The predicted octanol–water partition coefficient (Wildman–Crippen LogP) is 3.72. The molecule has 0 aliphatic carbocycles. The highest BCUT2D eigenvalue weighted by molar-refractivity contribution is 5.93. The molecule has 1 N–H and O–H groups in total. The van der Waals surface area contributed by atoms with Crippen molar-refractivity contribution >= 4 is 23.6 Å². The number of hydrogen-bond donors (Lipinski definition) is 1. The molecule has 0 unspecified atom stereocenters. The zero-order valence-corrected chi connectivity index (χ0v) is 18.4. The topological polar surface area (TPSA) is 52.7 Å². The molecule has 5 heteroatoms. The van der Waals surface area contributed by atoms with Gasteiger partial charge in [0.1, 0.15) is 0 Å². The fourth-order valence-corrected chi connectivity index (χ4v) is 3.68. The molecule has 2 aromatic carbocycles. The maximum absolute atomic E-state index is 12.5. The lowest BCUT2D eigenvalue weighted by molar-refractivity contribution is -0.127. The lowest BCUT2D eigenvalue weighted by atomic mass is 10.1. The number of nitrogens with zero attached hydrogens (tertiary/aromatic N) is 2. The number of amides is 2. The highest BCUT2D eigenvalue weighted by atomic mass is 16.2. The molecule has 0 spiro atoms. The second-order valence-electron chi connectivity index (χ2n) is 8.09. The number of aryl methyl sites for hydroxylation is 3. The summed E-state index contributed by atoms with van der Waals surface area (Å²) in [6, 6.07) is 12.1. The zero-order valence-electron chi connectivity index (χ0n) is 18.4. The molecular formula is C25H31N3O2. The van der Waals surface area contributed by atoms with Crippen molar-refractivity contribution in [2.45, 2.75) is 27.7 Å². The van der Waals surface area contributed by atoms with Gasteiger partial charge in [0.2, 0.25) is 11.8 Å². The van der Waals surface area contributed by atoms with Crippen LogP contribution < -0.4 is 5.32 Å². The van der Waals surface area contributed by atoms with Crippen molar-refractivity contribution in [2.24, 2.45) is 0 Å². The highest BCUT2D eigenvalue weighted by Crippen LogP contribution is 2.18. The van der Waals surface area contributed by atoms with E-state index < -0.39 is 0 Å². The first-order valence-corrected chi connectivity index (χ1v) is 10.5. The molecule has 2 aromatic rings. The Morgan fingerprint density at radius 2 is 1.70 bits per heavy atom. The van der Waals surface area contributed by atoms with Gasteiger partial charge >= 0.3 is 0 Å². The van der Waals surface area contributed by atoms with Crippen LogP contribution in [0.2, 0.25) is 0 Å². The van der Waals surface area contributed by atoms with Crippen LogP contribution in [0.25, 0.3) is 6.08 Å². The average molecular weight is 406 g/mol. The summed E-state index contributed by atoms with van der Waals surface area (Å²) in [6.45, 7) is 11.2. The molecule has 3 rings (SSSR count). The normalized spacial score (nSPS) is 14.9. The fraction of sp³-hybridized carbons (Fsp3) is 0.360. The van der Waals surface area contributed by atoms with E-state index in [0.29, 0.717) is 32.7 Å². The Kier molecular flexibility index (Phi) is 7.06. The van der Waals surface area contributed by atoms with Gasteiger partial charge in [-0.1, -0.05) is 35.9 Å². The number of carbonyl (C=O) groups is 2. The van der Waals surface area contributed by atoms with E-state index in [4.69, 9.17) is 0 Å². The van der Waals surface area contributed by atoms with Crippen molar-refractivity contribution in [3.05, 3.63) is 70.3 Å². The van der Waals surface area contributed by atoms with E-state index in [2.05, 4.69) is 36.2 Å². The molecule has 158 valence electrons. The maximum atomic E-state index is 12.5. The quantitative estimate of drug-likeness (QED) is 0.772. The molecule has 1 fully saturated rings. The molecule has 0 aromatic heterocycles. The van der Waals surface area contributed by atoms with E-state index in [9.17, 15) is 9.59 Å². The Bertz CT molecular complexity index is 957. The van der Waals surface area contributed by atoms with Gasteiger partial charge in [-0.2, -0.15) is 0 Å². The second kappa shape index (κ2) is 9.72. The molecule has 1 heterocycles. The van der Waals surface area contributed by atoms with Gasteiger partial charge in [-0.15, -0.1) is 0 Å². The summed E-state index contributed by atoms with van der Waals surface area (Å²) in [6.07, 6.45) is 3.54. The molecular weight excluding hydrogens is 374 g/mol. The smallest absolute Gasteiger partial charge is 0.246 e. The standard InChI is InChI=1S/C25H31N3O2/c1-18-8-9-22(20(3)16-18)10-11-25(30)28-14-12-27(13-15-28)17-24(29)26-23-7-5-6-19(2)21(23)4/h5-11,16H,12-15,17H2,1-4H3,(H,26,29)/b11-10+. The molecule has 5 nitrogen and oxygen atoms in total. The van der Waals surface area contributed by atoms with E-state index >= 15 is 0 Å². The number of carbonyl (C=O) groups excluding carboxylic acids is 2. The Morgan fingerprint density at radius 3 is 2.40 bits per heavy atom. The third-order valence-electron chi connectivity index (χ3n) is 5.76. The number of piperazine rings is 1. The van der Waals surface area contributed by atoms with Crippen LogP contribution >= 0.6 is 0 Å². The Morgan fingerprint density at radius 1 is 0.967 bits per heavy atom. The van der Waals surface area contributed by atoms with Crippen molar-refractivity contribution in [3.63, 3.8) is 0 Å². The van der Waals surface area contributed by atoms with Crippen LogP contribution in [0, 0.1) is 27.7 Å². The lowest BCUT2D eigenvalue weighted by Gasteiger charge is -2.33. The molecule has 1 saturated heterocycles. The number of rotatable bonds is 5. The molecule has 0 atom stereocenters. The summed E-state index contributed by atoms with van der Waals surface area (Å²) in [5.41, 5.74) is 6.57. The van der Waals surface area contributed by atoms with E-state index in [1.165, 1.54) is 11.1 Å². The van der Waals surface area contributed by atoms with Gasteiger partial charge < -0.3 is 10.2 Å². The van der Waals surface area contributed by atoms with Crippen LogP contribution in [0.1, 0.15) is 27.8 Å². The first kappa shape index (κ1) is 21.8. The minimum atomic E-state index is -0.0155. The van der Waals surface area contributed by atoms with Gasteiger partial charge in [0, 0.05) is 37.9 Å². The Balaban J connectivity index is 1.48. The van der Waals surface area contributed by atoms with E-state index in [1.54, 1.807) is 6.08 Å². The second-order valence-corrected chi connectivity index (χ2v) is 8.09.